The number of halogens is 1. The molecule has 0 radical (unpaired) electrons. The van der Waals surface area contributed by atoms with Crippen LogP contribution in [0.2, 0.25) is 0 Å². The van der Waals surface area contributed by atoms with E-state index in [0.29, 0.717) is 0 Å². The fourth-order valence-electron chi connectivity index (χ4n) is 2.00. The van der Waals surface area contributed by atoms with Gasteiger partial charge in [-0.25, -0.2) is 13.8 Å². The number of carbonyl (C=O) groups is 1. The predicted molar refractivity (Wildman–Crippen MR) is 86.4 cm³/mol. The van der Waals surface area contributed by atoms with Gasteiger partial charge in [0.25, 0.3) is 0 Å². The van der Waals surface area contributed by atoms with Crippen molar-refractivity contribution in [3.8, 4) is 0 Å². The molecule has 0 heterocycles. The second-order valence-electron chi connectivity index (χ2n) is 5.98. The first-order valence-electron chi connectivity index (χ1n) is 7.11. The molecule has 0 bridgehead atoms. The number of benzene rings is 1. The molecule has 0 amide bonds. The van der Waals surface area contributed by atoms with Crippen LogP contribution in [0, 0.1) is 5.82 Å². The summed E-state index contributed by atoms with van der Waals surface area (Å²) in [5.74, 6) is -2.43. The van der Waals surface area contributed by atoms with Crippen molar-refractivity contribution in [3.63, 3.8) is 0 Å². The van der Waals surface area contributed by atoms with Gasteiger partial charge < -0.3 is 24.4 Å². The minimum atomic E-state index is -4.43. The minimum Gasteiger partial charge on any atom is -0.457 e. The molecule has 0 saturated heterocycles. The Bertz CT molecular complexity index is 749. The van der Waals surface area contributed by atoms with Gasteiger partial charge in [0.15, 0.2) is 0 Å². The van der Waals surface area contributed by atoms with E-state index in [9.17, 15) is 24.4 Å². The van der Waals surface area contributed by atoms with Gasteiger partial charge in [-0.3, -0.25) is 0 Å². The van der Waals surface area contributed by atoms with Crippen molar-refractivity contribution in [2.45, 2.75) is 32.0 Å². The zero-order chi connectivity index (χ0) is 19.5. The minimum absolute atomic E-state index is 0.633. The summed E-state index contributed by atoms with van der Waals surface area (Å²) in [6.45, 7) is 4.53. The molecule has 1 rings (SSSR count). The Morgan fingerprint density at radius 3 is 2.16 bits per heavy atom. The monoisotopic (exact) mass is 374 g/mol. The van der Waals surface area contributed by atoms with Gasteiger partial charge in [0.05, 0.1) is 0 Å². The Hall–Kier alpha value is -1.89. The second kappa shape index (κ2) is 7.56. The van der Waals surface area contributed by atoms with Gasteiger partial charge in [-0.05, 0) is 26.8 Å². The van der Waals surface area contributed by atoms with Crippen LogP contribution in [0.5, 0.6) is 0 Å². The van der Waals surface area contributed by atoms with Gasteiger partial charge >= 0.3 is 24.6 Å². The molecular formula is C15H20FN2O6P. The highest BCUT2D eigenvalue weighted by molar-refractivity contribution is 7.72. The van der Waals surface area contributed by atoms with Crippen molar-refractivity contribution in [1.29, 1.82) is 0 Å². The van der Waals surface area contributed by atoms with E-state index in [1.165, 1.54) is 32.9 Å². The summed E-state index contributed by atoms with van der Waals surface area (Å²) in [6, 6.07) is 4.66. The number of hydrogen-bond donors (Lipinski definition) is 1. The quantitative estimate of drug-likeness (QED) is 0.269. The third-order valence-corrected chi connectivity index (χ3v) is 5.01. The lowest BCUT2D eigenvalue weighted by Crippen LogP contribution is -2.48. The molecule has 1 aromatic rings. The average molecular weight is 374 g/mol. The molecular weight excluding hydrogens is 354 g/mol. The summed E-state index contributed by atoms with van der Waals surface area (Å²) >= 11 is 0. The Balaban J connectivity index is 3.76. The van der Waals surface area contributed by atoms with Crippen LogP contribution in [0.25, 0.3) is 5.53 Å². The highest BCUT2D eigenvalue weighted by Gasteiger charge is 2.62. The zero-order valence-corrected chi connectivity index (χ0v) is 15.4. The average Bonchev–Trinajstić information content (AvgIpc) is 2.53. The predicted octanol–water partition coefficient (Wildman–Crippen LogP) is 2.47. The molecule has 1 aromatic carbocycles. The second-order valence-corrected chi connectivity index (χ2v) is 8.13. The Morgan fingerprint density at radius 1 is 1.24 bits per heavy atom. The van der Waals surface area contributed by atoms with Crippen molar-refractivity contribution in [2.75, 3.05) is 14.2 Å². The molecule has 138 valence electrons. The SMILES string of the molecule is COP(=O)(OC)C(=[N+]=[N-])[C@](O)(C(=O)OC(C)(C)C)c1ccccc1F. The maximum Gasteiger partial charge on any atom is 0.441 e. The van der Waals surface area contributed by atoms with Crippen molar-refractivity contribution in [2.24, 2.45) is 0 Å². The van der Waals surface area contributed by atoms with Gasteiger partial charge in [-0.2, -0.15) is 4.79 Å². The largest absolute Gasteiger partial charge is 0.457 e. The Kier molecular flexibility index (Phi) is 6.39. The first kappa shape index (κ1) is 21.2. The van der Waals surface area contributed by atoms with E-state index in [1.54, 1.807) is 0 Å². The number of ether oxygens (including phenoxy) is 1. The summed E-state index contributed by atoms with van der Waals surface area (Å²) in [7, 11) is -2.53. The first-order valence-corrected chi connectivity index (χ1v) is 8.66. The van der Waals surface area contributed by atoms with Crippen molar-refractivity contribution in [1.82, 2.24) is 0 Å². The lowest BCUT2D eigenvalue weighted by Gasteiger charge is -2.28. The van der Waals surface area contributed by atoms with E-state index in [-0.39, 0.29) is 0 Å². The van der Waals surface area contributed by atoms with Crippen LogP contribution in [0.3, 0.4) is 0 Å². The van der Waals surface area contributed by atoms with Crippen LogP contribution >= 0.6 is 7.60 Å². The highest BCUT2D eigenvalue weighted by Crippen LogP contribution is 2.53. The molecule has 25 heavy (non-hydrogen) atoms. The topological polar surface area (TPSA) is 118 Å². The highest BCUT2D eigenvalue weighted by atomic mass is 31.2. The summed E-state index contributed by atoms with van der Waals surface area (Å²) in [4.78, 5) is 15.4. The van der Waals surface area contributed by atoms with Gasteiger partial charge in [0.1, 0.15) is 11.4 Å². The summed E-state index contributed by atoms with van der Waals surface area (Å²) in [5, 5.41) is 11.0. The summed E-state index contributed by atoms with van der Waals surface area (Å²) in [6.07, 6.45) is 0. The number of rotatable bonds is 6. The van der Waals surface area contributed by atoms with E-state index in [4.69, 9.17) is 4.74 Å². The van der Waals surface area contributed by atoms with E-state index >= 15 is 0 Å². The van der Waals surface area contributed by atoms with Crippen LogP contribution in [0.4, 0.5) is 4.39 Å². The lowest BCUT2D eigenvalue weighted by molar-refractivity contribution is -0.174. The number of nitrogens with zero attached hydrogens (tertiary/aromatic N) is 2. The van der Waals surface area contributed by atoms with Crippen LogP contribution < -0.4 is 0 Å². The molecule has 10 heteroatoms. The van der Waals surface area contributed by atoms with Crippen molar-refractivity contribution < 1.29 is 37.4 Å². The smallest absolute Gasteiger partial charge is 0.441 e. The molecule has 0 aliphatic rings. The molecule has 0 spiro atoms. The molecule has 0 aromatic heterocycles. The van der Waals surface area contributed by atoms with Crippen LogP contribution in [-0.2, 0) is 28.7 Å². The Labute approximate surface area is 144 Å². The van der Waals surface area contributed by atoms with Gasteiger partial charge in [0, 0.05) is 19.8 Å². The van der Waals surface area contributed by atoms with Crippen LogP contribution in [0.1, 0.15) is 26.3 Å². The first-order chi connectivity index (χ1) is 11.5. The fourth-order valence-corrected chi connectivity index (χ4v) is 3.21. The number of hydrogen-bond acceptors (Lipinski definition) is 6. The molecule has 0 fully saturated rings. The van der Waals surface area contributed by atoms with E-state index in [1.807, 2.05) is 0 Å². The number of carbonyl (C=O) groups excluding carboxylic acids is 1. The molecule has 0 saturated carbocycles. The molecule has 1 atom stereocenters. The van der Waals surface area contributed by atoms with E-state index in [2.05, 4.69) is 13.8 Å². The normalized spacial score (nSPS) is 14.4. The van der Waals surface area contributed by atoms with Gasteiger partial charge in [-0.1, -0.05) is 18.2 Å². The van der Waals surface area contributed by atoms with Crippen LogP contribution in [0.15, 0.2) is 24.3 Å². The molecule has 0 unspecified atom stereocenters. The molecule has 1 N–H and O–H groups in total. The zero-order valence-electron chi connectivity index (χ0n) is 14.5. The number of esters is 1. The van der Waals surface area contributed by atoms with E-state index < -0.39 is 41.6 Å². The summed E-state index contributed by atoms with van der Waals surface area (Å²) < 4.78 is 41.4. The molecule has 8 nitrogen and oxygen atoms in total. The van der Waals surface area contributed by atoms with Crippen LogP contribution in [-0.4, -0.2) is 41.1 Å². The molecule has 0 aliphatic heterocycles. The van der Waals surface area contributed by atoms with Gasteiger partial charge in [-0.15, -0.1) is 0 Å². The van der Waals surface area contributed by atoms with Crippen molar-refractivity contribution >= 4 is 19.0 Å². The standard InChI is InChI=1S/C15H20FN2O6P/c1-14(2,3)24-13(19)15(20,10-8-6-7-9-11(10)16)12(18-17)25(21,22-4)23-5/h6-9,20H,1-5H3/t15-/m0/s1. The third-order valence-electron chi connectivity index (χ3n) is 3.12. The Morgan fingerprint density at radius 2 is 1.76 bits per heavy atom. The fraction of sp³-hybridized carbons (Fsp3) is 0.467. The maximum absolute atomic E-state index is 14.3. The van der Waals surface area contributed by atoms with E-state index in [0.717, 1.165) is 26.4 Å². The number of aliphatic hydroxyl groups is 1. The maximum atomic E-state index is 14.3. The lowest BCUT2D eigenvalue weighted by atomic mass is 9.94. The molecule has 0 aliphatic carbocycles. The summed E-state index contributed by atoms with van der Waals surface area (Å²) in [5.41, 5.74) is 3.44. The van der Waals surface area contributed by atoms with Gasteiger partial charge in [0.2, 0.25) is 0 Å². The van der Waals surface area contributed by atoms with Crippen molar-refractivity contribution in [3.05, 3.63) is 41.2 Å². The third kappa shape index (κ3) is 4.21.